The van der Waals surface area contributed by atoms with Crippen molar-refractivity contribution in [3.8, 4) is 11.3 Å². The van der Waals surface area contributed by atoms with Gasteiger partial charge in [0.1, 0.15) is 0 Å². The molecule has 0 radical (unpaired) electrons. The zero-order valence-corrected chi connectivity index (χ0v) is 13.2. The van der Waals surface area contributed by atoms with Gasteiger partial charge in [0.15, 0.2) is 0 Å². The highest BCUT2D eigenvalue weighted by Crippen LogP contribution is 2.15. The lowest BCUT2D eigenvalue weighted by Crippen LogP contribution is -2.24. The molecule has 24 heavy (non-hydrogen) atoms. The second kappa shape index (κ2) is 7.97. The summed E-state index contributed by atoms with van der Waals surface area (Å²) in [4.78, 5) is 24.8. The molecule has 3 heterocycles. The number of hydrogen-bond donors (Lipinski definition) is 1. The van der Waals surface area contributed by atoms with E-state index in [0.29, 0.717) is 12.1 Å². The molecule has 1 amide bonds. The van der Waals surface area contributed by atoms with E-state index in [9.17, 15) is 4.79 Å². The molecule has 1 N–H and O–H groups in total. The van der Waals surface area contributed by atoms with Gasteiger partial charge in [0.2, 0.25) is 0 Å². The van der Waals surface area contributed by atoms with Crippen molar-refractivity contribution in [2.45, 2.75) is 12.8 Å². The van der Waals surface area contributed by atoms with Gasteiger partial charge in [0, 0.05) is 42.6 Å². The van der Waals surface area contributed by atoms with Gasteiger partial charge in [-0.05, 0) is 49.2 Å². The number of amides is 1. The van der Waals surface area contributed by atoms with Crippen LogP contribution in [0.5, 0.6) is 0 Å². The summed E-state index contributed by atoms with van der Waals surface area (Å²) in [5.74, 6) is -0.110. The predicted octanol–water partition coefficient (Wildman–Crippen LogP) is 2.90. The quantitative estimate of drug-likeness (QED) is 0.710. The van der Waals surface area contributed by atoms with Gasteiger partial charge in [0.05, 0.1) is 11.3 Å². The summed E-state index contributed by atoms with van der Waals surface area (Å²) in [7, 11) is 0. The van der Waals surface area contributed by atoms with Crippen molar-refractivity contribution in [3.63, 3.8) is 0 Å². The standard InChI is InChI=1S/C19H18N4O/c24-19(22-12-4-7-17-6-1-2-11-21-17)16-8-9-18(23-14-16)15-5-3-10-20-13-15/h1-3,5-6,8-11,13-14H,4,7,12H2,(H,22,24). The fourth-order valence-corrected chi connectivity index (χ4v) is 2.33. The van der Waals surface area contributed by atoms with E-state index in [1.54, 1.807) is 30.9 Å². The molecule has 0 aromatic carbocycles. The van der Waals surface area contributed by atoms with E-state index in [2.05, 4.69) is 20.3 Å². The lowest BCUT2D eigenvalue weighted by atomic mass is 10.1. The minimum atomic E-state index is -0.110. The maximum atomic E-state index is 12.1. The minimum absolute atomic E-state index is 0.110. The zero-order chi connectivity index (χ0) is 16.6. The number of carbonyl (C=O) groups is 1. The van der Waals surface area contributed by atoms with Crippen molar-refractivity contribution in [1.82, 2.24) is 20.3 Å². The molecule has 0 saturated carbocycles. The van der Waals surface area contributed by atoms with Crippen LogP contribution in [0.25, 0.3) is 11.3 Å². The maximum Gasteiger partial charge on any atom is 0.252 e. The molecule has 0 atom stereocenters. The summed E-state index contributed by atoms with van der Waals surface area (Å²) in [5, 5.41) is 2.91. The molecule has 0 unspecified atom stereocenters. The van der Waals surface area contributed by atoms with Gasteiger partial charge >= 0.3 is 0 Å². The number of pyridine rings is 3. The van der Waals surface area contributed by atoms with Crippen LogP contribution in [0.3, 0.4) is 0 Å². The smallest absolute Gasteiger partial charge is 0.252 e. The average Bonchev–Trinajstić information content (AvgIpc) is 2.67. The number of rotatable bonds is 6. The van der Waals surface area contributed by atoms with Crippen LogP contribution in [-0.2, 0) is 6.42 Å². The van der Waals surface area contributed by atoms with Crippen LogP contribution < -0.4 is 5.32 Å². The van der Waals surface area contributed by atoms with Crippen molar-refractivity contribution >= 4 is 5.91 Å². The van der Waals surface area contributed by atoms with E-state index in [0.717, 1.165) is 29.8 Å². The van der Waals surface area contributed by atoms with E-state index in [1.165, 1.54) is 0 Å². The van der Waals surface area contributed by atoms with E-state index in [1.807, 2.05) is 36.4 Å². The molecule has 0 spiro atoms. The Labute approximate surface area is 140 Å². The molecular weight excluding hydrogens is 300 g/mol. The molecule has 0 aliphatic carbocycles. The molecule has 0 aliphatic heterocycles. The largest absolute Gasteiger partial charge is 0.352 e. The molecule has 0 fully saturated rings. The minimum Gasteiger partial charge on any atom is -0.352 e. The van der Waals surface area contributed by atoms with Gasteiger partial charge in [-0.3, -0.25) is 19.7 Å². The summed E-state index contributed by atoms with van der Waals surface area (Å²) >= 11 is 0. The molecule has 3 aromatic rings. The number of nitrogens with zero attached hydrogens (tertiary/aromatic N) is 3. The summed E-state index contributed by atoms with van der Waals surface area (Å²) in [6.45, 7) is 0.611. The van der Waals surface area contributed by atoms with Crippen LogP contribution in [0.1, 0.15) is 22.5 Å². The van der Waals surface area contributed by atoms with Crippen LogP contribution in [-0.4, -0.2) is 27.4 Å². The Morgan fingerprint density at radius 1 is 0.958 bits per heavy atom. The van der Waals surface area contributed by atoms with E-state index in [-0.39, 0.29) is 5.91 Å². The first-order valence-corrected chi connectivity index (χ1v) is 7.87. The Kier molecular flexibility index (Phi) is 5.24. The number of aromatic nitrogens is 3. The SMILES string of the molecule is O=C(NCCCc1ccccn1)c1ccc(-c2cccnc2)nc1. The highest BCUT2D eigenvalue weighted by atomic mass is 16.1. The van der Waals surface area contributed by atoms with Crippen molar-refractivity contribution in [1.29, 1.82) is 0 Å². The van der Waals surface area contributed by atoms with Gasteiger partial charge in [-0.25, -0.2) is 0 Å². The molecule has 5 nitrogen and oxygen atoms in total. The van der Waals surface area contributed by atoms with Gasteiger partial charge in [0.25, 0.3) is 5.91 Å². The lowest BCUT2D eigenvalue weighted by molar-refractivity contribution is 0.0953. The molecule has 5 heteroatoms. The maximum absolute atomic E-state index is 12.1. The van der Waals surface area contributed by atoms with Crippen LogP contribution in [0, 0.1) is 0 Å². The topological polar surface area (TPSA) is 67.8 Å². The monoisotopic (exact) mass is 318 g/mol. The van der Waals surface area contributed by atoms with Crippen molar-refractivity contribution in [3.05, 3.63) is 78.5 Å². The number of aryl methyl sites for hydroxylation is 1. The van der Waals surface area contributed by atoms with E-state index >= 15 is 0 Å². The van der Waals surface area contributed by atoms with Crippen molar-refractivity contribution in [2.75, 3.05) is 6.54 Å². The van der Waals surface area contributed by atoms with Crippen molar-refractivity contribution < 1.29 is 4.79 Å². The third kappa shape index (κ3) is 4.23. The van der Waals surface area contributed by atoms with Gasteiger partial charge in [-0.2, -0.15) is 0 Å². The third-order valence-corrected chi connectivity index (χ3v) is 3.60. The Bertz CT molecular complexity index is 773. The second-order valence-corrected chi connectivity index (χ2v) is 5.35. The summed E-state index contributed by atoms with van der Waals surface area (Å²) < 4.78 is 0. The number of nitrogens with one attached hydrogen (secondary N) is 1. The van der Waals surface area contributed by atoms with E-state index in [4.69, 9.17) is 0 Å². The highest BCUT2D eigenvalue weighted by Gasteiger charge is 2.06. The fourth-order valence-electron chi connectivity index (χ4n) is 2.33. The molecule has 3 aromatic heterocycles. The van der Waals surface area contributed by atoms with Gasteiger partial charge < -0.3 is 5.32 Å². The molecule has 0 aliphatic rings. The number of hydrogen-bond acceptors (Lipinski definition) is 4. The van der Waals surface area contributed by atoms with E-state index < -0.39 is 0 Å². The number of carbonyl (C=O) groups excluding carboxylic acids is 1. The van der Waals surface area contributed by atoms with Crippen molar-refractivity contribution in [2.24, 2.45) is 0 Å². The Balaban J connectivity index is 1.50. The zero-order valence-electron chi connectivity index (χ0n) is 13.2. The summed E-state index contributed by atoms with van der Waals surface area (Å²) in [6, 6.07) is 13.3. The summed E-state index contributed by atoms with van der Waals surface area (Å²) in [6.07, 6.45) is 8.54. The first kappa shape index (κ1) is 15.8. The second-order valence-electron chi connectivity index (χ2n) is 5.35. The highest BCUT2D eigenvalue weighted by molar-refractivity contribution is 5.94. The lowest BCUT2D eigenvalue weighted by Gasteiger charge is -2.06. The summed E-state index contributed by atoms with van der Waals surface area (Å²) in [5.41, 5.74) is 3.32. The van der Waals surface area contributed by atoms with Gasteiger partial charge in [-0.15, -0.1) is 0 Å². The molecule has 120 valence electrons. The van der Waals surface area contributed by atoms with Crippen LogP contribution in [0.15, 0.2) is 67.3 Å². The Morgan fingerprint density at radius 2 is 1.92 bits per heavy atom. The van der Waals surface area contributed by atoms with Gasteiger partial charge in [-0.1, -0.05) is 6.07 Å². The molecule has 3 rings (SSSR count). The predicted molar refractivity (Wildman–Crippen MR) is 92.4 cm³/mol. The molecule has 0 bridgehead atoms. The van der Waals surface area contributed by atoms with Crippen LogP contribution in [0.4, 0.5) is 0 Å². The molecular formula is C19H18N4O. The first-order valence-electron chi connectivity index (χ1n) is 7.87. The third-order valence-electron chi connectivity index (χ3n) is 3.60. The Morgan fingerprint density at radius 3 is 2.62 bits per heavy atom. The Hall–Kier alpha value is -3.08. The molecule has 0 saturated heterocycles. The fraction of sp³-hybridized carbons (Fsp3) is 0.158. The normalized spacial score (nSPS) is 10.3. The first-order chi connectivity index (χ1) is 11.8. The van der Waals surface area contributed by atoms with Crippen LogP contribution >= 0.6 is 0 Å². The average molecular weight is 318 g/mol. The van der Waals surface area contributed by atoms with Crippen LogP contribution in [0.2, 0.25) is 0 Å².